The molecule has 2 N–H and O–H groups in total. The van der Waals surface area contributed by atoms with Crippen molar-refractivity contribution in [3.05, 3.63) is 0 Å². The van der Waals surface area contributed by atoms with Gasteiger partial charge in [0, 0.05) is 6.42 Å². The number of halogens is 2. The molecule has 0 radical (unpaired) electrons. The van der Waals surface area contributed by atoms with E-state index >= 15 is 0 Å². The van der Waals surface area contributed by atoms with E-state index in [0.29, 0.717) is 0 Å². The normalized spacial score (nSPS) is 20.3. The van der Waals surface area contributed by atoms with E-state index in [2.05, 4.69) is 0 Å². The van der Waals surface area contributed by atoms with Gasteiger partial charge >= 0.3 is 0 Å². The van der Waals surface area contributed by atoms with E-state index in [-0.39, 0.29) is 12.3 Å². The second kappa shape index (κ2) is 2.21. The highest BCUT2D eigenvalue weighted by Crippen LogP contribution is 2.38. The fraction of sp³-hybridized carbons (Fsp3) is 1.00. The third-order valence-corrected chi connectivity index (χ3v) is 1.58. The van der Waals surface area contributed by atoms with Crippen molar-refractivity contribution in [3.8, 4) is 0 Å². The molecule has 1 rings (SSSR count). The Labute approximate surface area is 53.2 Å². The van der Waals surface area contributed by atoms with E-state index in [4.69, 9.17) is 5.73 Å². The van der Waals surface area contributed by atoms with Crippen molar-refractivity contribution in [2.24, 2.45) is 11.7 Å². The van der Waals surface area contributed by atoms with Crippen molar-refractivity contribution >= 4 is 0 Å². The van der Waals surface area contributed by atoms with Gasteiger partial charge in [0.2, 0.25) is 0 Å². The van der Waals surface area contributed by atoms with Gasteiger partial charge in [0.25, 0.3) is 5.92 Å². The average Bonchev–Trinajstić information content (AvgIpc) is 2.50. The lowest BCUT2D eigenvalue weighted by molar-refractivity contribution is -0.00332. The third-order valence-electron chi connectivity index (χ3n) is 1.58. The summed E-state index contributed by atoms with van der Waals surface area (Å²) in [6, 6.07) is 0. The molecular weight excluding hydrogens is 124 g/mol. The van der Waals surface area contributed by atoms with Gasteiger partial charge in [-0.25, -0.2) is 8.78 Å². The Kier molecular flexibility index (Phi) is 1.70. The first-order valence-corrected chi connectivity index (χ1v) is 3.22. The van der Waals surface area contributed by atoms with Crippen LogP contribution >= 0.6 is 0 Å². The first-order chi connectivity index (χ1) is 4.14. The molecule has 1 nitrogen and oxygen atoms in total. The van der Waals surface area contributed by atoms with E-state index in [9.17, 15) is 8.78 Å². The number of hydrogen-bond acceptors (Lipinski definition) is 1. The van der Waals surface area contributed by atoms with Crippen LogP contribution in [0, 0.1) is 5.92 Å². The van der Waals surface area contributed by atoms with Crippen LogP contribution in [0.4, 0.5) is 8.78 Å². The molecule has 1 aliphatic carbocycles. The van der Waals surface area contributed by atoms with Crippen LogP contribution in [0.3, 0.4) is 0 Å². The lowest BCUT2D eigenvalue weighted by Gasteiger charge is -2.11. The molecule has 1 fully saturated rings. The van der Waals surface area contributed by atoms with E-state index in [1.807, 2.05) is 0 Å². The highest BCUT2D eigenvalue weighted by molar-refractivity contribution is 4.80. The lowest BCUT2D eigenvalue weighted by atomic mass is 10.2. The summed E-state index contributed by atoms with van der Waals surface area (Å²) in [5, 5.41) is 0. The van der Waals surface area contributed by atoms with Crippen molar-refractivity contribution < 1.29 is 8.78 Å². The summed E-state index contributed by atoms with van der Waals surface area (Å²) >= 11 is 0. The third kappa shape index (κ3) is 2.26. The van der Waals surface area contributed by atoms with Crippen molar-refractivity contribution in [1.29, 1.82) is 0 Å². The maximum atomic E-state index is 12.3. The summed E-state index contributed by atoms with van der Waals surface area (Å²) in [6.07, 6.45) is 1.94. The Bertz CT molecular complexity index is 99.2. The minimum Gasteiger partial charge on any atom is -0.325 e. The molecule has 0 heterocycles. The highest BCUT2D eigenvalue weighted by Gasteiger charge is 2.35. The van der Waals surface area contributed by atoms with Crippen LogP contribution < -0.4 is 5.73 Å². The summed E-state index contributed by atoms with van der Waals surface area (Å²) in [5.74, 6) is -2.33. The molecule has 0 unspecified atom stereocenters. The summed E-state index contributed by atoms with van der Waals surface area (Å²) in [4.78, 5) is 0. The predicted octanol–water partition coefficient (Wildman–Crippen LogP) is 1.38. The number of nitrogens with two attached hydrogens (primary N) is 1. The molecule has 1 saturated carbocycles. The topological polar surface area (TPSA) is 26.0 Å². The minimum atomic E-state index is -2.60. The van der Waals surface area contributed by atoms with Crippen molar-refractivity contribution in [3.63, 3.8) is 0 Å². The number of hydrogen-bond donors (Lipinski definition) is 1. The quantitative estimate of drug-likeness (QED) is 0.621. The predicted molar refractivity (Wildman–Crippen MR) is 31.3 cm³/mol. The molecule has 0 atom stereocenters. The molecule has 0 aromatic carbocycles. The van der Waals surface area contributed by atoms with Crippen LogP contribution in [0.15, 0.2) is 0 Å². The molecule has 0 bridgehead atoms. The second-order valence-electron chi connectivity index (χ2n) is 2.71. The zero-order chi connectivity index (χ0) is 6.91. The van der Waals surface area contributed by atoms with Gasteiger partial charge in [-0.05, 0) is 18.8 Å². The summed E-state index contributed by atoms with van der Waals surface area (Å²) < 4.78 is 24.6. The van der Waals surface area contributed by atoms with E-state index < -0.39 is 12.5 Å². The molecule has 0 aromatic rings. The monoisotopic (exact) mass is 135 g/mol. The van der Waals surface area contributed by atoms with Crippen molar-refractivity contribution in [2.45, 2.75) is 25.2 Å². The van der Waals surface area contributed by atoms with Crippen LogP contribution in [0.25, 0.3) is 0 Å². The molecule has 0 amide bonds. The van der Waals surface area contributed by atoms with Crippen LogP contribution in [0.2, 0.25) is 0 Å². The van der Waals surface area contributed by atoms with Gasteiger partial charge in [-0.2, -0.15) is 0 Å². The van der Waals surface area contributed by atoms with Gasteiger partial charge in [-0.3, -0.25) is 0 Å². The van der Waals surface area contributed by atoms with Crippen LogP contribution in [-0.4, -0.2) is 12.5 Å². The molecule has 0 spiro atoms. The number of alkyl halides is 2. The van der Waals surface area contributed by atoms with Crippen LogP contribution in [0.5, 0.6) is 0 Å². The van der Waals surface area contributed by atoms with Gasteiger partial charge in [-0.1, -0.05) is 0 Å². The van der Waals surface area contributed by atoms with Gasteiger partial charge in [-0.15, -0.1) is 0 Å². The van der Waals surface area contributed by atoms with E-state index in [0.717, 1.165) is 12.8 Å². The Hall–Kier alpha value is -0.180. The summed E-state index contributed by atoms with van der Waals surface area (Å²) in [6.45, 7) is -0.497. The molecule has 54 valence electrons. The first-order valence-electron chi connectivity index (χ1n) is 3.22. The van der Waals surface area contributed by atoms with Crippen molar-refractivity contribution in [1.82, 2.24) is 0 Å². The molecule has 0 saturated heterocycles. The van der Waals surface area contributed by atoms with Crippen molar-refractivity contribution in [2.75, 3.05) is 6.54 Å². The zero-order valence-corrected chi connectivity index (χ0v) is 5.24. The van der Waals surface area contributed by atoms with E-state index in [1.54, 1.807) is 0 Å². The van der Waals surface area contributed by atoms with Crippen LogP contribution in [-0.2, 0) is 0 Å². The van der Waals surface area contributed by atoms with E-state index in [1.165, 1.54) is 0 Å². The summed E-state index contributed by atoms with van der Waals surface area (Å²) in [7, 11) is 0. The Balaban J connectivity index is 2.21. The van der Waals surface area contributed by atoms with Gasteiger partial charge in [0.05, 0.1) is 6.54 Å². The maximum Gasteiger partial charge on any atom is 0.260 e. The molecular formula is C6H11F2N. The zero-order valence-electron chi connectivity index (χ0n) is 5.24. The van der Waals surface area contributed by atoms with Gasteiger partial charge in [0.1, 0.15) is 0 Å². The fourth-order valence-electron chi connectivity index (χ4n) is 0.828. The molecule has 9 heavy (non-hydrogen) atoms. The molecule has 0 aliphatic heterocycles. The largest absolute Gasteiger partial charge is 0.325 e. The molecule has 1 aliphatic rings. The fourth-order valence-corrected chi connectivity index (χ4v) is 0.828. The Morgan fingerprint density at radius 3 is 2.33 bits per heavy atom. The number of rotatable bonds is 3. The summed E-state index contributed by atoms with van der Waals surface area (Å²) in [5.41, 5.74) is 4.83. The first kappa shape index (κ1) is 6.93. The second-order valence-corrected chi connectivity index (χ2v) is 2.71. The average molecular weight is 135 g/mol. The van der Waals surface area contributed by atoms with Gasteiger partial charge in [0.15, 0.2) is 0 Å². The lowest BCUT2D eigenvalue weighted by Crippen LogP contribution is -2.28. The Morgan fingerprint density at radius 2 is 2.00 bits per heavy atom. The standard InChI is InChI=1S/C6H11F2N/c7-6(8,4-9)3-5-1-2-5/h5H,1-4,9H2. The SMILES string of the molecule is NCC(F)(F)CC1CC1. The smallest absolute Gasteiger partial charge is 0.260 e. The molecule has 3 heteroatoms. The maximum absolute atomic E-state index is 12.3. The van der Waals surface area contributed by atoms with Gasteiger partial charge < -0.3 is 5.73 Å². The Morgan fingerprint density at radius 1 is 1.44 bits per heavy atom. The molecule has 0 aromatic heterocycles. The van der Waals surface area contributed by atoms with Crippen LogP contribution in [0.1, 0.15) is 19.3 Å². The highest BCUT2D eigenvalue weighted by atomic mass is 19.3. The minimum absolute atomic E-state index is 0.00347.